The van der Waals surface area contributed by atoms with E-state index in [2.05, 4.69) is 19.9 Å². The summed E-state index contributed by atoms with van der Waals surface area (Å²) in [7, 11) is 0. The Hall–Kier alpha value is -2.62. The van der Waals surface area contributed by atoms with Crippen LogP contribution in [0.4, 0.5) is 0 Å². The standard InChI is InChI=1S/C14H10N4/c1-3-11(9-15-6-1)13-5-8-17-14(18-13)12-4-2-7-16-10-12/h1-10H. The van der Waals surface area contributed by atoms with E-state index >= 15 is 0 Å². The van der Waals surface area contributed by atoms with Crippen molar-refractivity contribution in [3.8, 4) is 22.6 Å². The monoisotopic (exact) mass is 234 g/mol. The normalized spacial score (nSPS) is 10.2. The van der Waals surface area contributed by atoms with Crippen LogP contribution in [0.3, 0.4) is 0 Å². The molecule has 0 saturated carbocycles. The molecule has 0 unspecified atom stereocenters. The molecule has 3 aromatic heterocycles. The zero-order valence-electron chi connectivity index (χ0n) is 9.56. The summed E-state index contributed by atoms with van der Waals surface area (Å²) in [5.74, 6) is 0.671. The maximum Gasteiger partial charge on any atom is 0.161 e. The lowest BCUT2D eigenvalue weighted by atomic mass is 10.2. The van der Waals surface area contributed by atoms with Gasteiger partial charge in [-0.3, -0.25) is 9.97 Å². The molecule has 3 rings (SSSR count). The van der Waals surface area contributed by atoms with E-state index < -0.39 is 0 Å². The fourth-order valence-corrected chi connectivity index (χ4v) is 1.67. The van der Waals surface area contributed by atoms with Crippen LogP contribution >= 0.6 is 0 Å². The smallest absolute Gasteiger partial charge is 0.161 e. The van der Waals surface area contributed by atoms with Crippen molar-refractivity contribution in [2.75, 3.05) is 0 Å². The minimum atomic E-state index is 0.671. The van der Waals surface area contributed by atoms with Crippen LogP contribution in [-0.4, -0.2) is 19.9 Å². The van der Waals surface area contributed by atoms with Gasteiger partial charge in [0, 0.05) is 42.1 Å². The maximum absolute atomic E-state index is 4.52. The second kappa shape index (κ2) is 4.71. The van der Waals surface area contributed by atoms with Crippen LogP contribution in [0.25, 0.3) is 22.6 Å². The van der Waals surface area contributed by atoms with Gasteiger partial charge in [-0.05, 0) is 30.3 Å². The van der Waals surface area contributed by atoms with Crippen LogP contribution in [0.5, 0.6) is 0 Å². The number of aromatic nitrogens is 4. The van der Waals surface area contributed by atoms with Gasteiger partial charge in [0.25, 0.3) is 0 Å². The SMILES string of the molecule is c1cncc(-c2ccnc(-c3cccnc3)n2)c1. The second-order valence-electron chi connectivity index (χ2n) is 3.75. The first-order valence-electron chi connectivity index (χ1n) is 5.57. The molecule has 0 radical (unpaired) electrons. The van der Waals surface area contributed by atoms with Gasteiger partial charge in [0.15, 0.2) is 5.82 Å². The third-order valence-corrected chi connectivity index (χ3v) is 2.53. The summed E-state index contributed by atoms with van der Waals surface area (Å²) in [5.41, 5.74) is 2.74. The molecule has 0 atom stereocenters. The molecule has 0 N–H and O–H groups in total. The number of hydrogen-bond donors (Lipinski definition) is 0. The average molecular weight is 234 g/mol. The lowest BCUT2D eigenvalue weighted by Crippen LogP contribution is -1.92. The predicted octanol–water partition coefficient (Wildman–Crippen LogP) is 2.60. The van der Waals surface area contributed by atoms with E-state index in [1.807, 2.05) is 30.3 Å². The lowest BCUT2D eigenvalue weighted by Gasteiger charge is -2.03. The van der Waals surface area contributed by atoms with Crippen molar-refractivity contribution in [1.29, 1.82) is 0 Å². The van der Waals surface area contributed by atoms with E-state index in [9.17, 15) is 0 Å². The van der Waals surface area contributed by atoms with Crippen LogP contribution in [0.2, 0.25) is 0 Å². The van der Waals surface area contributed by atoms with Crippen molar-refractivity contribution in [3.63, 3.8) is 0 Å². The van der Waals surface area contributed by atoms with Gasteiger partial charge < -0.3 is 0 Å². The van der Waals surface area contributed by atoms with Crippen molar-refractivity contribution >= 4 is 0 Å². The third-order valence-electron chi connectivity index (χ3n) is 2.53. The van der Waals surface area contributed by atoms with Gasteiger partial charge in [0.2, 0.25) is 0 Å². The Labute approximate surface area is 104 Å². The van der Waals surface area contributed by atoms with Gasteiger partial charge in [-0.25, -0.2) is 9.97 Å². The molecule has 0 aromatic carbocycles. The van der Waals surface area contributed by atoms with Crippen LogP contribution in [0, 0.1) is 0 Å². The Morgan fingerprint density at radius 3 is 2.11 bits per heavy atom. The highest BCUT2D eigenvalue weighted by molar-refractivity contribution is 5.61. The molecule has 4 heteroatoms. The van der Waals surface area contributed by atoms with E-state index in [1.54, 1.807) is 31.0 Å². The number of nitrogens with zero attached hydrogens (tertiary/aromatic N) is 4. The number of rotatable bonds is 2. The molecule has 18 heavy (non-hydrogen) atoms. The minimum absolute atomic E-state index is 0.671. The van der Waals surface area contributed by atoms with Crippen molar-refractivity contribution in [2.24, 2.45) is 0 Å². The fourth-order valence-electron chi connectivity index (χ4n) is 1.67. The van der Waals surface area contributed by atoms with Gasteiger partial charge in [0.1, 0.15) is 0 Å². The molecule has 86 valence electrons. The molecular formula is C14H10N4. The molecule has 0 spiro atoms. The first-order chi connectivity index (χ1) is 8.93. The van der Waals surface area contributed by atoms with Gasteiger partial charge in [-0.2, -0.15) is 0 Å². The quantitative estimate of drug-likeness (QED) is 0.684. The maximum atomic E-state index is 4.52. The van der Waals surface area contributed by atoms with E-state index in [0.29, 0.717) is 5.82 Å². The fraction of sp³-hybridized carbons (Fsp3) is 0. The number of hydrogen-bond acceptors (Lipinski definition) is 4. The summed E-state index contributed by atoms with van der Waals surface area (Å²) in [6.45, 7) is 0. The minimum Gasteiger partial charge on any atom is -0.264 e. The van der Waals surface area contributed by atoms with Gasteiger partial charge in [-0.15, -0.1) is 0 Å². The highest BCUT2D eigenvalue weighted by atomic mass is 14.9. The molecule has 0 aliphatic rings. The molecule has 3 heterocycles. The van der Waals surface area contributed by atoms with E-state index in [4.69, 9.17) is 0 Å². The Morgan fingerprint density at radius 2 is 1.44 bits per heavy atom. The molecular weight excluding hydrogens is 224 g/mol. The van der Waals surface area contributed by atoms with Crippen LogP contribution in [0.1, 0.15) is 0 Å². The van der Waals surface area contributed by atoms with Crippen molar-refractivity contribution in [3.05, 3.63) is 61.3 Å². The second-order valence-corrected chi connectivity index (χ2v) is 3.75. The van der Waals surface area contributed by atoms with E-state index in [-0.39, 0.29) is 0 Å². The zero-order chi connectivity index (χ0) is 12.2. The van der Waals surface area contributed by atoms with Gasteiger partial charge in [0.05, 0.1) is 5.69 Å². The summed E-state index contributed by atoms with van der Waals surface area (Å²) in [5, 5.41) is 0. The summed E-state index contributed by atoms with van der Waals surface area (Å²) in [6, 6.07) is 9.55. The Morgan fingerprint density at radius 1 is 0.722 bits per heavy atom. The Bertz CT molecular complexity index is 583. The summed E-state index contributed by atoms with van der Waals surface area (Å²) in [4.78, 5) is 16.9. The first kappa shape index (κ1) is 10.5. The highest BCUT2D eigenvalue weighted by Gasteiger charge is 2.04. The van der Waals surface area contributed by atoms with Crippen LogP contribution < -0.4 is 0 Å². The van der Waals surface area contributed by atoms with Crippen molar-refractivity contribution < 1.29 is 0 Å². The van der Waals surface area contributed by atoms with Crippen molar-refractivity contribution in [2.45, 2.75) is 0 Å². The average Bonchev–Trinajstić information content (AvgIpc) is 2.49. The van der Waals surface area contributed by atoms with E-state index in [1.165, 1.54) is 0 Å². The van der Waals surface area contributed by atoms with Gasteiger partial charge >= 0.3 is 0 Å². The largest absolute Gasteiger partial charge is 0.264 e. The summed E-state index contributed by atoms with van der Waals surface area (Å²) >= 11 is 0. The first-order valence-corrected chi connectivity index (χ1v) is 5.57. The molecule has 0 fully saturated rings. The third kappa shape index (κ3) is 2.08. The molecule has 3 aromatic rings. The van der Waals surface area contributed by atoms with Crippen LogP contribution in [-0.2, 0) is 0 Å². The molecule has 0 amide bonds. The molecule has 0 aliphatic heterocycles. The van der Waals surface area contributed by atoms with Crippen LogP contribution in [0.15, 0.2) is 61.3 Å². The highest BCUT2D eigenvalue weighted by Crippen LogP contribution is 2.18. The molecule has 0 aliphatic carbocycles. The summed E-state index contributed by atoms with van der Waals surface area (Å²) < 4.78 is 0. The molecule has 4 nitrogen and oxygen atoms in total. The Balaban J connectivity index is 2.05. The predicted molar refractivity (Wildman–Crippen MR) is 68.5 cm³/mol. The zero-order valence-corrected chi connectivity index (χ0v) is 9.56. The van der Waals surface area contributed by atoms with Crippen molar-refractivity contribution in [1.82, 2.24) is 19.9 Å². The molecule has 0 bridgehead atoms. The van der Waals surface area contributed by atoms with Gasteiger partial charge in [-0.1, -0.05) is 0 Å². The molecule has 0 saturated heterocycles. The van der Waals surface area contributed by atoms with E-state index in [0.717, 1.165) is 16.8 Å². The Kier molecular flexibility index (Phi) is 2.75. The topological polar surface area (TPSA) is 51.6 Å². The lowest BCUT2D eigenvalue weighted by molar-refractivity contribution is 1.16. The number of pyridine rings is 2. The summed E-state index contributed by atoms with van der Waals surface area (Å²) in [6.07, 6.45) is 8.76.